The van der Waals surface area contributed by atoms with Crippen LogP contribution < -0.4 is 5.32 Å². The second kappa shape index (κ2) is 6.14. The third kappa shape index (κ3) is 3.53. The Balaban J connectivity index is 1.94. The SMILES string of the molecule is CC(NCc1cnnn1C)C(O)c1ccc(Cl)cc1. The van der Waals surface area contributed by atoms with Crippen molar-refractivity contribution in [3.63, 3.8) is 0 Å². The van der Waals surface area contributed by atoms with Gasteiger partial charge in [0, 0.05) is 24.7 Å². The van der Waals surface area contributed by atoms with Crippen molar-refractivity contribution in [3.8, 4) is 0 Å². The summed E-state index contributed by atoms with van der Waals surface area (Å²) in [4.78, 5) is 0. The Hall–Kier alpha value is -1.43. The van der Waals surface area contributed by atoms with Gasteiger partial charge in [-0.3, -0.25) is 4.68 Å². The van der Waals surface area contributed by atoms with E-state index in [-0.39, 0.29) is 6.04 Å². The van der Waals surface area contributed by atoms with E-state index < -0.39 is 6.10 Å². The molecule has 1 aromatic heterocycles. The van der Waals surface area contributed by atoms with Gasteiger partial charge in [0.05, 0.1) is 18.0 Å². The van der Waals surface area contributed by atoms with Crippen LogP contribution in [0.25, 0.3) is 0 Å². The highest BCUT2D eigenvalue weighted by Gasteiger charge is 2.16. The van der Waals surface area contributed by atoms with E-state index in [9.17, 15) is 5.11 Å². The number of aromatic nitrogens is 3. The molecule has 0 saturated carbocycles. The van der Waals surface area contributed by atoms with E-state index in [2.05, 4.69) is 15.6 Å². The fourth-order valence-corrected chi connectivity index (χ4v) is 1.92. The number of aryl methyl sites for hydroxylation is 1. The number of nitrogens with one attached hydrogen (secondary N) is 1. The van der Waals surface area contributed by atoms with Gasteiger partial charge in [-0.05, 0) is 24.6 Å². The Morgan fingerprint density at radius 2 is 2.05 bits per heavy atom. The number of hydrogen-bond acceptors (Lipinski definition) is 4. The molecule has 0 amide bonds. The number of aliphatic hydroxyl groups excluding tert-OH is 1. The first-order chi connectivity index (χ1) is 9.08. The van der Waals surface area contributed by atoms with Gasteiger partial charge in [0.1, 0.15) is 0 Å². The molecule has 5 nitrogen and oxygen atoms in total. The molecule has 2 rings (SSSR count). The number of benzene rings is 1. The summed E-state index contributed by atoms with van der Waals surface area (Å²) in [6, 6.07) is 7.12. The molecule has 0 saturated heterocycles. The molecular weight excluding hydrogens is 264 g/mol. The molecule has 0 aliphatic carbocycles. The number of hydrogen-bond donors (Lipinski definition) is 2. The monoisotopic (exact) mass is 280 g/mol. The lowest BCUT2D eigenvalue weighted by atomic mass is 10.0. The summed E-state index contributed by atoms with van der Waals surface area (Å²) >= 11 is 5.83. The number of rotatable bonds is 5. The van der Waals surface area contributed by atoms with Gasteiger partial charge in [-0.25, -0.2) is 0 Å². The lowest BCUT2D eigenvalue weighted by molar-refractivity contribution is 0.135. The fourth-order valence-electron chi connectivity index (χ4n) is 1.80. The fraction of sp³-hybridized carbons (Fsp3) is 0.385. The van der Waals surface area contributed by atoms with Crippen LogP contribution in [0.5, 0.6) is 0 Å². The van der Waals surface area contributed by atoms with Crippen molar-refractivity contribution in [3.05, 3.63) is 46.7 Å². The average Bonchev–Trinajstić information content (AvgIpc) is 2.81. The Morgan fingerprint density at radius 1 is 1.37 bits per heavy atom. The van der Waals surface area contributed by atoms with Gasteiger partial charge < -0.3 is 10.4 Å². The zero-order chi connectivity index (χ0) is 13.8. The van der Waals surface area contributed by atoms with Crippen molar-refractivity contribution in [2.75, 3.05) is 0 Å². The molecule has 1 heterocycles. The maximum Gasteiger partial charge on any atom is 0.0940 e. The van der Waals surface area contributed by atoms with Crippen LogP contribution in [0, 0.1) is 0 Å². The minimum Gasteiger partial charge on any atom is -0.387 e. The number of aliphatic hydroxyl groups is 1. The Morgan fingerprint density at radius 3 is 2.63 bits per heavy atom. The molecule has 19 heavy (non-hydrogen) atoms. The molecule has 102 valence electrons. The van der Waals surface area contributed by atoms with Crippen LogP contribution >= 0.6 is 11.6 Å². The van der Waals surface area contributed by atoms with Crippen molar-refractivity contribution in [1.82, 2.24) is 20.3 Å². The molecule has 0 bridgehead atoms. The molecule has 0 aliphatic rings. The van der Waals surface area contributed by atoms with Crippen LogP contribution in [0.2, 0.25) is 5.02 Å². The van der Waals surface area contributed by atoms with E-state index in [1.165, 1.54) is 0 Å². The minimum absolute atomic E-state index is 0.0870. The average molecular weight is 281 g/mol. The first-order valence-electron chi connectivity index (χ1n) is 6.08. The quantitative estimate of drug-likeness (QED) is 0.875. The Bertz CT molecular complexity index is 526. The molecule has 0 fully saturated rings. The maximum atomic E-state index is 10.2. The minimum atomic E-state index is -0.585. The molecule has 6 heteroatoms. The lowest BCUT2D eigenvalue weighted by Gasteiger charge is -2.20. The second-order valence-electron chi connectivity index (χ2n) is 4.51. The molecule has 2 aromatic rings. The smallest absolute Gasteiger partial charge is 0.0940 e. The van der Waals surface area contributed by atoms with Gasteiger partial charge in [0.15, 0.2) is 0 Å². The molecular formula is C13H17ClN4O. The molecule has 0 spiro atoms. The largest absolute Gasteiger partial charge is 0.387 e. The van der Waals surface area contributed by atoms with Crippen LogP contribution in [0.4, 0.5) is 0 Å². The van der Waals surface area contributed by atoms with Crippen LogP contribution in [0.15, 0.2) is 30.5 Å². The predicted octanol–water partition coefficient (Wildman–Crippen LogP) is 1.68. The standard InChI is InChI=1S/C13H17ClN4O/c1-9(15-7-12-8-16-17-18(12)2)13(19)10-3-5-11(14)6-4-10/h3-6,8-9,13,15,19H,7H2,1-2H3. The first kappa shape index (κ1) is 14.0. The van der Waals surface area contributed by atoms with E-state index >= 15 is 0 Å². The van der Waals surface area contributed by atoms with Crippen LogP contribution in [-0.4, -0.2) is 26.1 Å². The van der Waals surface area contributed by atoms with Crippen molar-refractivity contribution >= 4 is 11.6 Å². The van der Waals surface area contributed by atoms with Crippen LogP contribution in [0.1, 0.15) is 24.3 Å². The summed E-state index contributed by atoms with van der Waals surface area (Å²) < 4.78 is 1.70. The van der Waals surface area contributed by atoms with Gasteiger partial charge in [-0.1, -0.05) is 28.9 Å². The third-order valence-corrected chi connectivity index (χ3v) is 3.35. The van der Waals surface area contributed by atoms with Crippen LogP contribution in [-0.2, 0) is 13.6 Å². The Labute approximate surface area is 117 Å². The lowest BCUT2D eigenvalue weighted by Crippen LogP contribution is -2.32. The summed E-state index contributed by atoms with van der Waals surface area (Å²) in [5.74, 6) is 0. The molecule has 1 aromatic carbocycles. The Kier molecular flexibility index (Phi) is 4.52. The van der Waals surface area contributed by atoms with Crippen molar-refractivity contribution in [1.29, 1.82) is 0 Å². The van der Waals surface area contributed by atoms with E-state index in [4.69, 9.17) is 11.6 Å². The van der Waals surface area contributed by atoms with E-state index in [1.807, 2.05) is 26.1 Å². The van der Waals surface area contributed by atoms with Crippen molar-refractivity contribution < 1.29 is 5.11 Å². The highest BCUT2D eigenvalue weighted by Crippen LogP contribution is 2.19. The molecule has 0 radical (unpaired) electrons. The van der Waals surface area contributed by atoms with Crippen molar-refractivity contribution in [2.45, 2.75) is 25.6 Å². The molecule has 2 N–H and O–H groups in total. The molecule has 0 aliphatic heterocycles. The first-order valence-corrected chi connectivity index (χ1v) is 6.46. The molecule has 2 unspecified atom stereocenters. The van der Waals surface area contributed by atoms with Crippen LogP contribution in [0.3, 0.4) is 0 Å². The zero-order valence-corrected chi connectivity index (χ0v) is 11.7. The second-order valence-corrected chi connectivity index (χ2v) is 4.95. The van der Waals surface area contributed by atoms with Gasteiger partial charge >= 0.3 is 0 Å². The predicted molar refractivity (Wildman–Crippen MR) is 73.7 cm³/mol. The number of halogens is 1. The van der Waals surface area contributed by atoms with E-state index in [0.29, 0.717) is 11.6 Å². The number of nitrogens with zero attached hydrogens (tertiary/aromatic N) is 3. The summed E-state index contributed by atoms with van der Waals surface area (Å²) in [5.41, 5.74) is 1.81. The van der Waals surface area contributed by atoms with E-state index in [0.717, 1.165) is 11.3 Å². The van der Waals surface area contributed by atoms with Gasteiger partial charge in [-0.15, -0.1) is 5.10 Å². The zero-order valence-electron chi connectivity index (χ0n) is 10.9. The van der Waals surface area contributed by atoms with Crippen molar-refractivity contribution in [2.24, 2.45) is 7.05 Å². The third-order valence-electron chi connectivity index (χ3n) is 3.10. The normalized spacial score (nSPS) is 14.3. The summed E-state index contributed by atoms with van der Waals surface area (Å²) in [7, 11) is 1.84. The molecule has 2 atom stereocenters. The highest BCUT2D eigenvalue weighted by molar-refractivity contribution is 6.30. The maximum absolute atomic E-state index is 10.2. The summed E-state index contributed by atoms with van der Waals surface area (Å²) in [6.07, 6.45) is 1.12. The topological polar surface area (TPSA) is 63.0 Å². The van der Waals surface area contributed by atoms with Gasteiger partial charge in [0.25, 0.3) is 0 Å². The van der Waals surface area contributed by atoms with Gasteiger partial charge in [0.2, 0.25) is 0 Å². The summed E-state index contributed by atoms with van der Waals surface area (Å²) in [6.45, 7) is 2.54. The highest BCUT2D eigenvalue weighted by atomic mass is 35.5. The van der Waals surface area contributed by atoms with E-state index in [1.54, 1.807) is 23.0 Å². The summed E-state index contributed by atoms with van der Waals surface area (Å²) in [5, 5.41) is 21.8. The van der Waals surface area contributed by atoms with Gasteiger partial charge in [-0.2, -0.15) is 0 Å².